The van der Waals surface area contributed by atoms with Crippen LogP contribution in [0.3, 0.4) is 0 Å². The first kappa shape index (κ1) is 54.7. The maximum Gasteiger partial charge on any atom is 0.242 e. The monoisotopic (exact) mass is 1030 g/mol. The van der Waals surface area contributed by atoms with Crippen LogP contribution < -0.4 is 24.1 Å². The summed E-state index contributed by atoms with van der Waals surface area (Å²) in [6.07, 6.45) is 17.9. The normalized spacial score (nSPS) is 14.1. The number of hydrogen-bond donors (Lipinski definition) is 2. The molecule has 0 bridgehead atoms. The summed E-state index contributed by atoms with van der Waals surface area (Å²) in [5.41, 5.74) is 4.60. The molecule has 4 aromatic rings. The maximum absolute atomic E-state index is 12.6. The number of carbonyl (C=O) groups excluding carboxylic acids is 2. The van der Waals surface area contributed by atoms with Crippen LogP contribution in [0.1, 0.15) is 150 Å². The van der Waals surface area contributed by atoms with E-state index in [0.29, 0.717) is 5.82 Å². The molecule has 0 aromatic carbocycles. The number of aryl methyl sites for hydroxylation is 2. The minimum atomic E-state index is -2.21. The number of likely N-dealkylation sites (N-methyl/N-ethyl adjacent to an activating group) is 2. The van der Waals surface area contributed by atoms with Crippen LogP contribution in [0, 0.1) is 0 Å². The molecule has 0 saturated carbocycles. The molecule has 14 heteroatoms. The minimum absolute atomic E-state index is 0.00950. The van der Waals surface area contributed by atoms with Gasteiger partial charge >= 0.3 is 124 Å². The van der Waals surface area contributed by atoms with Crippen molar-refractivity contribution in [2.45, 2.75) is 190 Å². The zero-order chi connectivity index (χ0) is 48.7. The van der Waals surface area contributed by atoms with Crippen molar-refractivity contribution in [2.24, 2.45) is 0 Å². The summed E-state index contributed by atoms with van der Waals surface area (Å²) >= 11 is 3.81. The molecule has 362 valence electrons. The molecule has 0 saturated heterocycles. The summed E-state index contributed by atoms with van der Waals surface area (Å²) in [5.74, 6) is 2.21. The molecule has 2 amide bonds. The van der Waals surface area contributed by atoms with E-state index in [1.807, 2.05) is 104 Å². The molecule has 2 atom stereocenters. The average molecular weight is 1030 g/mol. The van der Waals surface area contributed by atoms with Crippen molar-refractivity contribution in [3.8, 4) is 11.5 Å². The van der Waals surface area contributed by atoms with Crippen LogP contribution in [0.15, 0.2) is 48.8 Å². The number of nitrogens with one attached hydrogen (secondary N) is 2. The van der Waals surface area contributed by atoms with Gasteiger partial charge in [-0.25, -0.2) is 19.9 Å². The number of hydrogen-bond acceptors (Lipinski definition) is 10. The maximum atomic E-state index is 12.6. The van der Waals surface area contributed by atoms with Gasteiger partial charge in [0, 0.05) is 48.2 Å². The second-order valence-corrected chi connectivity index (χ2v) is 33.7. The molecule has 0 unspecified atom stereocenters. The van der Waals surface area contributed by atoms with Crippen molar-refractivity contribution in [3.63, 3.8) is 0 Å². The van der Waals surface area contributed by atoms with Crippen LogP contribution in [-0.4, -0.2) is 97.4 Å². The Bertz CT molecular complexity index is 2120. The van der Waals surface area contributed by atoms with Crippen LogP contribution in [0.5, 0.6) is 0 Å². The molecule has 66 heavy (non-hydrogen) atoms. The van der Waals surface area contributed by atoms with E-state index < -0.39 is 18.4 Å². The Hall–Kier alpha value is -3.91. The van der Waals surface area contributed by atoms with E-state index in [-0.39, 0.29) is 40.3 Å². The van der Waals surface area contributed by atoms with E-state index >= 15 is 0 Å². The quantitative estimate of drug-likeness (QED) is 0.0775. The number of halogens is 1. The van der Waals surface area contributed by atoms with E-state index in [9.17, 15) is 9.59 Å². The fourth-order valence-corrected chi connectivity index (χ4v) is 24.3. The van der Waals surface area contributed by atoms with Gasteiger partial charge in [-0.3, -0.25) is 14.6 Å². The van der Waals surface area contributed by atoms with Gasteiger partial charge in [-0.05, 0) is 118 Å². The Balaban J connectivity index is 0.000000220. The van der Waals surface area contributed by atoms with Crippen LogP contribution in [0.25, 0.3) is 11.5 Å². The largest absolute Gasteiger partial charge is 0.350 e. The van der Waals surface area contributed by atoms with Crippen LogP contribution in [0.2, 0.25) is 18.6 Å². The zero-order valence-corrected chi connectivity index (χ0v) is 46.3. The molecular weight excluding hydrogens is 951 g/mol. The van der Waals surface area contributed by atoms with Crippen LogP contribution >= 0.6 is 11.6 Å². The first-order valence-electron chi connectivity index (χ1n) is 24.6. The first-order chi connectivity index (χ1) is 31.2. The predicted molar refractivity (Wildman–Crippen MR) is 277 cm³/mol. The fraction of sp³-hybridized carbons (Fsp3) is 0.615. The number of unbranched alkanes of at least 4 members (excludes halogenated alkanes) is 3. The van der Waals surface area contributed by atoms with E-state index in [2.05, 4.69) is 64.6 Å². The van der Waals surface area contributed by atoms with Gasteiger partial charge in [0.1, 0.15) is 29.4 Å². The number of nitrogens with zero attached hydrogens (tertiary/aromatic N) is 8. The van der Waals surface area contributed by atoms with Crippen molar-refractivity contribution in [1.82, 2.24) is 40.5 Å². The van der Waals surface area contributed by atoms with Gasteiger partial charge in [0.15, 0.2) is 5.82 Å². The molecule has 6 rings (SSSR count). The number of anilines is 2. The standard InChI is InChI=1S/C20H27N5O.C15H23ClN4O.C5H4N.3C4H9.Sn/c1-13(19(26)24-20(2,3)4)25(5)18-14-9-8-11-15(14)22-17(23-18)16-10-6-7-12-21-16;1-9(13(21)19-15(2,3)4)20(5)12-10-7-6-8-11(10)17-14(16)18-12;1-2-4-6-5-3-1;3*1-3-4-2;/h6-7,10,12-13H,8-9,11H2,1-5H3,(H,24,26);9H,6-8H2,1-5H3,(H,19,21);1-4H;3*1,3-4H2,2H3;/t13-;9-;;;;;/m11...../s1. The van der Waals surface area contributed by atoms with Gasteiger partial charge in [-0.15, -0.1) is 0 Å². The Morgan fingerprint density at radius 2 is 1.11 bits per heavy atom. The van der Waals surface area contributed by atoms with E-state index in [1.54, 1.807) is 9.91 Å². The summed E-state index contributed by atoms with van der Waals surface area (Å²) in [7, 11) is 3.81. The Morgan fingerprint density at radius 3 is 1.53 bits per heavy atom. The van der Waals surface area contributed by atoms with Crippen molar-refractivity contribution in [1.29, 1.82) is 0 Å². The Kier molecular flexibility index (Phi) is 21.1. The van der Waals surface area contributed by atoms with Gasteiger partial charge in [-0.1, -0.05) is 6.07 Å². The molecule has 0 aliphatic heterocycles. The Morgan fingerprint density at radius 1 is 0.652 bits per heavy atom. The first-order valence-corrected chi connectivity index (χ1v) is 32.5. The van der Waals surface area contributed by atoms with Crippen molar-refractivity contribution < 1.29 is 9.59 Å². The Labute approximate surface area is 406 Å². The smallest absolute Gasteiger partial charge is 0.242 e. The summed E-state index contributed by atoms with van der Waals surface area (Å²) in [6, 6.07) is 11.7. The fourth-order valence-electron chi connectivity index (χ4n) is 8.64. The molecule has 2 aliphatic carbocycles. The molecule has 4 aromatic heterocycles. The number of carbonyl (C=O) groups is 2. The minimum Gasteiger partial charge on any atom is -0.350 e. The third-order valence-corrected chi connectivity index (χ3v) is 27.8. The van der Waals surface area contributed by atoms with Gasteiger partial charge in [0.2, 0.25) is 17.1 Å². The van der Waals surface area contributed by atoms with Gasteiger partial charge in [0.25, 0.3) is 0 Å². The van der Waals surface area contributed by atoms with Crippen LogP contribution in [0.4, 0.5) is 11.6 Å². The number of rotatable bonds is 17. The average Bonchev–Trinajstić information content (AvgIpc) is 3.97. The SMILES string of the molecule is CCC[CH2][Sn]([CH2]CCC)([CH2]CCC)[c]1ccccn1.C[C@H](C(=O)NC(C)(C)C)N(C)c1nc(-c2ccccn2)nc2c1CCC2.C[C@H](C(=O)NC(C)(C)C)N(C)c1nc(Cl)nc2c1CCC2. The predicted octanol–water partition coefficient (Wildman–Crippen LogP) is 10.3. The molecule has 2 aliphatic rings. The molecule has 0 fully saturated rings. The molecule has 0 spiro atoms. The van der Waals surface area contributed by atoms with Gasteiger partial charge in [0.05, 0.1) is 5.69 Å². The summed E-state index contributed by atoms with van der Waals surface area (Å²) in [6.45, 7) is 22.6. The summed E-state index contributed by atoms with van der Waals surface area (Å²) < 4.78 is 6.10. The topological polar surface area (TPSA) is 142 Å². The van der Waals surface area contributed by atoms with Crippen molar-refractivity contribution in [2.75, 3.05) is 23.9 Å². The zero-order valence-electron chi connectivity index (χ0n) is 42.7. The number of fused-ring (bicyclic) bond motifs is 2. The van der Waals surface area contributed by atoms with Gasteiger partial charge in [-0.2, -0.15) is 0 Å². The summed E-state index contributed by atoms with van der Waals surface area (Å²) in [5, 5.41) is 6.29. The molecule has 0 radical (unpaired) electrons. The second-order valence-electron chi connectivity index (χ2n) is 20.3. The van der Waals surface area contributed by atoms with Crippen LogP contribution in [-0.2, 0) is 35.3 Å². The van der Waals surface area contributed by atoms with E-state index in [1.165, 1.54) is 51.8 Å². The number of pyridine rings is 2. The van der Waals surface area contributed by atoms with E-state index in [4.69, 9.17) is 26.6 Å². The molecule has 2 N–H and O–H groups in total. The van der Waals surface area contributed by atoms with Crippen molar-refractivity contribution >= 4 is 57.1 Å². The summed E-state index contributed by atoms with van der Waals surface area (Å²) in [4.78, 5) is 56.1. The number of aromatic nitrogens is 6. The molecule has 12 nitrogen and oxygen atoms in total. The molecular formula is C52H81ClN10O2Sn. The second kappa shape index (κ2) is 25.5. The number of amides is 2. The van der Waals surface area contributed by atoms with E-state index in [0.717, 1.165) is 78.4 Å². The third-order valence-electron chi connectivity index (χ3n) is 12.5. The van der Waals surface area contributed by atoms with Gasteiger partial charge < -0.3 is 20.4 Å². The molecule has 4 heterocycles. The van der Waals surface area contributed by atoms with Crippen molar-refractivity contribution in [3.05, 3.63) is 76.6 Å². The third kappa shape index (κ3) is 15.8.